The number of carbonyl (C=O) groups is 1. The minimum atomic E-state index is 0.175. The summed E-state index contributed by atoms with van der Waals surface area (Å²) in [5, 5.41) is 0.184. The predicted octanol–water partition coefficient (Wildman–Crippen LogP) is 2.03. The van der Waals surface area contributed by atoms with Gasteiger partial charge in [-0.1, -0.05) is 17.7 Å². The van der Waals surface area contributed by atoms with E-state index in [4.69, 9.17) is 0 Å². The lowest BCUT2D eigenvalue weighted by molar-refractivity contribution is -0.117. The van der Waals surface area contributed by atoms with Gasteiger partial charge >= 0.3 is 0 Å². The van der Waals surface area contributed by atoms with Gasteiger partial charge in [-0.3, -0.25) is 4.79 Å². The zero-order valence-corrected chi connectivity index (χ0v) is 9.00. The van der Waals surface area contributed by atoms with E-state index in [9.17, 15) is 4.79 Å². The molecule has 1 aliphatic heterocycles. The summed E-state index contributed by atoms with van der Waals surface area (Å²) in [5.41, 5.74) is 2.19. The average molecular weight is 207 g/mol. The van der Waals surface area contributed by atoms with E-state index in [2.05, 4.69) is 12.6 Å². The molecule has 1 heterocycles. The minimum absolute atomic E-state index is 0.175. The van der Waals surface area contributed by atoms with Crippen molar-refractivity contribution in [3.8, 4) is 0 Å². The molecule has 1 aliphatic rings. The van der Waals surface area contributed by atoms with Crippen molar-refractivity contribution in [3.63, 3.8) is 0 Å². The summed E-state index contributed by atoms with van der Waals surface area (Å²) in [7, 11) is 0. The second-order valence-electron chi connectivity index (χ2n) is 3.70. The van der Waals surface area contributed by atoms with Gasteiger partial charge in [-0.15, -0.1) is 0 Å². The van der Waals surface area contributed by atoms with Gasteiger partial charge in [0.25, 0.3) is 0 Å². The van der Waals surface area contributed by atoms with Crippen LogP contribution in [0, 0.1) is 6.92 Å². The smallest absolute Gasteiger partial charge is 0.228 e. The molecule has 1 amide bonds. The first-order chi connectivity index (χ1) is 6.66. The fourth-order valence-electron chi connectivity index (χ4n) is 1.66. The quantitative estimate of drug-likeness (QED) is 0.699. The number of anilines is 1. The van der Waals surface area contributed by atoms with Crippen molar-refractivity contribution in [2.24, 2.45) is 0 Å². The van der Waals surface area contributed by atoms with Gasteiger partial charge in [0.1, 0.15) is 0 Å². The van der Waals surface area contributed by atoms with Crippen LogP contribution in [0.25, 0.3) is 0 Å². The van der Waals surface area contributed by atoms with Crippen LogP contribution in [0.5, 0.6) is 0 Å². The SMILES string of the molecule is Cc1ccc(N2CC(S)CC2=O)cc1. The van der Waals surface area contributed by atoms with Crippen molar-refractivity contribution in [2.75, 3.05) is 11.4 Å². The standard InChI is InChI=1S/C11H13NOS/c1-8-2-4-9(5-3-8)12-7-10(14)6-11(12)13/h2-5,10,14H,6-7H2,1H3. The summed E-state index contributed by atoms with van der Waals surface area (Å²) in [6.07, 6.45) is 0.553. The van der Waals surface area contributed by atoms with Crippen molar-refractivity contribution in [1.82, 2.24) is 0 Å². The minimum Gasteiger partial charge on any atom is -0.311 e. The third-order valence-electron chi connectivity index (χ3n) is 2.45. The molecule has 0 aliphatic carbocycles. The molecule has 1 atom stereocenters. The highest BCUT2D eigenvalue weighted by Gasteiger charge is 2.27. The predicted molar refractivity (Wildman–Crippen MR) is 60.9 cm³/mol. The maximum absolute atomic E-state index is 11.5. The lowest BCUT2D eigenvalue weighted by Crippen LogP contribution is -2.24. The molecule has 1 fully saturated rings. The normalized spacial score (nSPS) is 21.7. The summed E-state index contributed by atoms with van der Waals surface area (Å²) < 4.78 is 0. The van der Waals surface area contributed by atoms with Crippen LogP contribution in [0.4, 0.5) is 5.69 Å². The van der Waals surface area contributed by atoms with Crippen LogP contribution in [0.2, 0.25) is 0 Å². The number of nitrogens with zero attached hydrogens (tertiary/aromatic N) is 1. The number of rotatable bonds is 1. The Morgan fingerprint density at radius 2 is 2.00 bits per heavy atom. The summed E-state index contributed by atoms with van der Waals surface area (Å²) >= 11 is 4.32. The Morgan fingerprint density at radius 1 is 1.36 bits per heavy atom. The largest absolute Gasteiger partial charge is 0.311 e. The molecule has 74 valence electrons. The van der Waals surface area contributed by atoms with Crippen molar-refractivity contribution in [1.29, 1.82) is 0 Å². The number of carbonyl (C=O) groups excluding carboxylic acids is 1. The number of hydrogen-bond acceptors (Lipinski definition) is 2. The van der Waals surface area contributed by atoms with Crippen molar-refractivity contribution < 1.29 is 4.79 Å². The van der Waals surface area contributed by atoms with Gasteiger partial charge < -0.3 is 4.90 Å². The number of thiol groups is 1. The van der Waals surface area contributed by atoms with Crippen LogP contribution in [0.15, 0.2) is 24.3 Å². The molecule has 1 aromatic rings. The van der Waals surface area contributed by atoms with E-state index in [1.54, 1.807) is 4.90 Å². The fraction of sp³-hybridized carbons (Fsp3) is 0.364. The summed E-state index contributed by atoms with van der Waals surface area (Å²) in [5.74, 6) is 0.175. The van der Waals surface area contributed by atoms with Crippen LogP contribution < -0.4 is 4.90 Å². The van der Waals surface area contributed by atoms with Crippen LogP contribution >= 0.6 is 12.6 Å². The average Bonchev–Trinajstić information content (AvgIpc) is 2.47. The number of aryl methyl sites for hydroxylation is 1. The molecule has 0 N–H and O–H groups in total. The molecule has 0 aromatic heterocycles. The van der Waals surface area contributed by atoms with Crippen LogP contribution in [0.3, 0.4) is 0 Å². The zero-order chi connectivity index (χ0) is 10.1. The van der Waals surface area contributed by atoms with E-state index >= 15 is 0 Å². The van der Waals surface area contributed by atoms with Gasteiger partial charge in [0, 0.05) is 23.9 Å². The second kappa shape index (κ2) is 3.65. The third kappa shape index (κ3) is 1.77. The zero-order valence-electron chi connectivity index (χ0n) is 8.10. The van der Waals surface area contributed by atoms with E-state index in [0.717, 1.165) is 12.2 Å². The molecule has 0 radical (unpaired) electrons. The first-order valence-electron chi connectivity index (χ1n) is 4.72. The topological polar surface area (TPSA) is 20.3 Å². The van der Waals surface area contributed by atoms with E-state index in [0.29, 0.717) is 6.42 Å². The monoisotopic (exact) mass is 207 g/mol. The molecule has 0 saturated carbocycles. The van der Waals surface area contributed by atoms with E-state index in [1.807, 2.05) is 31.2 Å². The maximum atomic E-state index is 11.5. The number of benzene rings is 1. The molecule has 14 heavy (non-hydrogen) atoms. The molecule has 2 rings (SSSR count). The third-order valence-corrected chi connectivity index (χ3v) is 2.80. The first kappa shape index (κ1) is 9.59. The van der Waals surface area contributed by atoms with Crippen LogP contribution in [0.1, 0.15) is 12.0 Å². The van der Waals surface area contributed by atoms with Gasteiger partial charge in [-0.25, -0.2) is 0 Å². The van der Waals surface area contributed by atoms with Crippen LogP contribution in [-0.4, -0.2) is 17.7 Å². The highest BCUT2D eigenvalue weighted by Crippen LogP contribution is 2.23. The lowest BCUT2D eigenvalue weighted by atomic mass is 10.2. The van der Waals surface area contributed by atoms with Gasteiger partial charge in [0.2, 0.25) is 5.91 Å². The van der Waals surface area contributed by atoms with Gasteiger partial charge in [-0.2, -0.15) is 12.6 Å². The fourth-order valence-corrected chi connectivity index (χ4v) is 1.98. The number of hydrogen-bond donors (Lipinski definition) is 1. The molecular formula is C11H13NOS. The Bertz CT molecular complexity index is 347. The molecular weight excluding hydrogens is 194 g/mol. The Kier molecular flexibility index (Phi) is 2.50. The molecule has 1 saturated heterocycles. The Hall–Kier alpha value is -0.960. The first-order valence-corrected chi connectivity index (χ1v) is 5.23. The van der Waals surface area contributed by atoms with Crippen molar-refractivity contribution in [2.45, 2.75) is 18.6 Å². The molecule has 1 aromatic carbocycles. The van der Waals surface area contributed by atoms with Crippen molar-refractivity contribution >= 4 is 24.2 Å². The summed E-state index contributed by atoms with van der Waals surface area (Å²) in [6, 6.07) is 8.01. The molecule has 2 nitrogen and oxygen atoms in total. The second-order valence-corrected chi connectivity index (χ2v) is 4.43. The molecule has 1 unspecified atom stereocenters. The highest BCUT2D eigenvalue weighted by atomic mass is 32.1. The van der Waals surface area contributed by atoms with E-state index < -0.39 is 0 Å². The Balaban J connectivity index is 2.23. The molecule has 0 bridgehead atoms. The molecule has 3 heteroatoms. The van der Waals surface area contributed by atoms with E-state index in [-0.39, 0.29) is 11.2 Å². The molecule has 0 spiro atoms. The summed E-state index contributed by atoms with van der Waals surface area (Å²) in [4.78, 5) is 13.3. The van der Waals surface area contributed by atoms with Crippen LogP contribution in [-0.2, 0) is 4.79 Å². The summed E-state index contributed by atoms with van der Waals surface area (Å²) in [6.45, 7) is 2.77. The van der Waals surface area contributed by atoms with Gasteiger partial charge in [0.05, 0.1) is 0 Å². The van der Waals surface area contributed by atoms with Gasteiger partial charge in [0.15, 0.2) is 0 Å². The Labute approximate surface area is 89.3 Å². The highest BCUT2D eigenvalue weighted by molar-refractivity contribution is 7.81. The lowest BCUT2D eigenvalue weighted by Gasteiger charge is -2.15. The Morgan fingerprint density at radius 3 is 2.50 bits per heavy atom. The van der Waals surface area contributed by atoms with E-state index in [1.165, 1.54) is 5.56 Å². The van der Waals surface area contributed by atoms with Gasteiger partial charge in [-0.05, 0) is 19.1 Å². The van der Waals surface area contributed by atoms with Crippen molar-refractivity contribution in [3.05, 3.63) is 29.8 Å². The maximum Gasteiger partial charge on any atom is 0.228 e. The number of amides is 1.